The Kier molecular flexibility index (Phi) is 8.88. The lowest BCUT2D eigenvalue weighted by atomic mass is 10.0. The first kappa shape index (κ1) is 32.3. The third kappa shape index (κ3) is 6.21. The van der Waals surface area contributed by atoms with Crippen LogP contribution in [0.15, 0.2) is 96.4 Å². The van der Waals surface area contributed by atoms with Crippen molar-refractivity contribution in [3.63, 3.8) is 0 Å². The molecule has 0 aliphatic carbocycles. The van der Waals surface area contributed by atoms with E-state index in [0.717, 1.165) is 10.5 Å². The highest BCUT2D eigenvalue weighted by Gasteiger charge is 2.40. The Balaban J connectivity index is 1.30. The number of ether oxygens (including phenoxy) is 4. The number of anilines is 2. The summed E-state index contributed by atoms with van der Waals surface area (Å²) in [5.41, 5.74) is 2.94. The van der Waals surface area contributed by atoms with Gasteiger partial charge in [-0.15, -0.1) is 11.3 Å². The molecule has 7 rings (SSSR count). The van der Waals surface area contributed by atoms with Crippen LogP contribution in [0.4, 0.5) is 11.4 Å². The van der Waals surface area contributed by atoms with Gasteiger partial charge in [-0.2, -0.15) is 0 Å². The van der Waals surface area contributed by atoms with Gasteiger partial charge in [0.05, 0.1) is 37.7 Å². The maximum atomic E-state index is 14.6. The van der Waals surface area contributed by atoms with Gasteiger partial charge in [0.15, 0.2) is 23.0 Å². The largest absolute Gasteiger partial charge is 0.493 e. The molecule has 0 radical (unpaired) electrons. The molecule has 3 amide bonds. The van der Waals surface area contributed by atoms with Crippen molar-refractivity contribution in [1.29, 1.82) is 0 Å². The number of hydrogen-bond acceptors (Lipinski definition) is 10. The molecular formula is C37H30N4O8S. The van der Waals surface area contributed by atoms with Gasteiger partial charge in [-0.1, -0.05) is 48.5 Å². The van der Waals surface area contributed by atoms with E-state index in [0.29, 0.717) is 50.6 Å². The van der Waals surface area contributed by atoms with Gasteiger partial charge in [0.2, 0.25) is 12.7 Å². The van der Waals surface area contributed by atoms with Crippen LogP contribution in [0.2, 0.25) is 0 Å². The number of carbonyl (C=O) groups excluding carboxylic acids is 4. The molecule has 1 aromatic heterocycles. The minimum absolute atomic E-state index is 0.0584. The number of aromatic nitrogens is 1. The van der Waals surface area contributed by atoms with Crippen molar-refractivity contribution < 1.29 is 38.1 Å². The molecule has 0 fully saturated rings. The van der Waals surface area contributed by atoms with Gasteiger partial charge >= 0.3 is 0 Å². The Bertz CT molecular complexity index is 2120. The SMILES string of the molecule is COc1ccc([C@H](C(=O)Nc2ccc3c(c2)OCO3)N(Cc2nc(-c3ccccc3)cs2)C(=O)CN2C(=O)C(=O)c3ccccc32)cc1OC. The van der Waals surface area contributed by atoms with Crippen molar-refractivity contribution in [2.24, 2.45) is 0 Å². The fourth-order valence-corrected chi connectivity index (χ4v) is 6.71. The minimum Gasteiger partial charge on any atom is -0.493 e. The molecule has 2 aliphatic rings. The summed E-state index contributed by atoms with van der Waals surface area (Å²) in [5, 5.41) is 5.35. The fraction of sp³-hybridized carbons (Fsp3) is 0.162. The molecule has 0 saturated carbocycles. The first-order chi connectivity index (χ1) is 24.3. The van der Waals surface area contributed by atoms with Gasteiger partial charge in [0.25, 0.3) is 17.6 Å². The highest BCUT2D eigenvalue weighted by Crippen LogP contribution is 2.37. The first-order valence-electron chi connectivity index (χ1n) is 15.5. The summed E-state index contributed by atoms with van der Waals surface area (Å²) in [6.07, 6.45) is 0. The number of amides is 3. The number of hydrogen-bond donors (Lipinski definition) is 1. The van der Waals surface area contributed by atoms with Crippen molar-refractivity contribution in [2.75, 3.05) is 37.8 Å². The van der Waals surface area contributed by atoms with Crippen molar-refractivity contribution in [2.45, 2.75) is 12.6 Å². The number of carbonyl (C=O) groups is 4. The highest BCUT2D eigenvalue weighted by molar-refractivity contribution is 7.09. The quantitative estimate of drug-likeness (QED) is 0.178. The number of nitrogens with one attached hydrogen (secondary N) is 1. The molecule has 0 bridgehead atoms. The summed E-state index contributed by atoms with van der Waals surface area (Å²) >= 11 is 1.33. The van der Waals surface area contributed by atoms with Gasteiger partial charge in [0.1, 0.15) is 17.6 Å². The molecule has 13 heteroatoms. The third-order valence-electron chi connectivity index (χ3n) is 8.34. The summed E-state index contributed by atoms with van der Waals surface area (Å²) in [5.74, 6) is -0.919. The number of methoxy groups -OCH3 is 2. The molecule has 2 aliphatic heterocycles. The monoisotopic (exact) mass is 690 g/mol. The van der Waals surface area contributed by atoms with Gasteiger partial charge in [-0.3, -0.25) is 24.1 Å². The van der Waals surface area contributed by atoms with Crippen molar-refractivity contribution >= 4 is 46.2 Å². The second-order valence-electron chi connectivity index (χ2n) is 11.3. The molecular weight excluding hydrogens is 660 g/mol. The number of nitrogens with zero attached hydrogens (tertiary/aromatic N) is 3. The average molecular weight is 691 g/mol. The van der Waals surface area contributed by atoms with Gasteiger partial charge in [-0.25, -0.2) is 4.98 Å². The van der Waals surface area contributed by atoms with E-state index in [4.69, 9.17) is 23.9 Å². The summed E-state index contributed by atoms with van der Waals surface area (Å²) in [7, 11) is 2.97. The van der Waals surface area contributed by atoms with E-state index in [2.05, 4.69) is 5.32 Å². The van der Waals surface area contributed by atoms with E-state index in [9.17, 15) is 19.2 Å². The lowest BCUT2D eigenvalue weighted by Crippen LogP contribution is -2.46. The van der Waals surface area contributed by atoms with Crippen LogP contribution in [0.5, 0.6) is 23.0 Å². The fourth-order valence-electron chi connectivity index (χ4n) is 5.91. The Morgan fingerprint density at radius 1 is 0.920 bits per heavy atom. The minimum atomic E-state index is -1.26. The van der Waals surface area contributed by atoms with Crippen molar-refractivity contribution in [3.8, 4) is 34.3 Å². The van der Waals surface area contributed by atoms with E-state index in [1.165, 1.54) is 30.5 Å². The summed E-state index contributed by atoms with van der Waals surface area (Å²) in [4.78, 5) is 62.3. The van der Waals surface area contributed by atoms with E-state index >= 15 is 0 Å². The van der Waals surface area contributed by atoms with Crippen LogP contribution in [-0.2, 0) is 20.9 Å². The first-order valence-corrected chi connectivity index (χ1v) is 16.4. The molecule has 252 valence electrons. The molecule has 1 N–H and O–H groups in total. The number of para-hydroxylation sites is 1. The lowest BCUT2D eigenvalue weighted by molar-refractivity contribution is -0.139. The molecule has 0 spiro atoms. The van der Waals surface area contributed by atoms with Gasteiger partial charge in [0, 0.05) is 22.7 Å². The Hall–Kier alpha value is -6.21. The second-order valence-corrected chi connectivity index (χ2v) is 12.3. The zero-order chi connectivity index (χ0) is 34.8. The molecule has 5 aromatic rings. The third-order valence-corrected chi connectivity index (χ3v) is 9.18. The van der Waals surface area contributed by atoms with E-state index < -0.39 is 36.1 Å². The van der Waals surface area contributed by atoms with Crippen LogP contribution in [-0.4, -0.2) is 60.9 Å². The standard InChI is InChI=1S/C37H30N4O8S/c1-46-28-14-12-23(16-30(28)47-2)34(36(44)38-24-13-15-29-31(17-24)49-21-48-29)41(18-32-39-26(20-50-32)22-8-4-3-5-9-22)33(42)19-40-27-11-7-6-10-25(27)35(43)37(40)45/h3-17,20,34H,18-19,21H2,1-2H3,(H,38,44)/t34-/m1/s1. The number of thiazole rings is 1. The van der Waals surface area contributed by atoms with Crippen LogP contribution in [0.25, 0.3) is 11.3 Å². The predicted octanol–water partition coefficient (Wildman–Crippen LogP) is 5.49. The lowest BCUT2D eigenvalue weighted by Gasteiger charge is -2.32. The Morgan fingerprint density at radius 2 is 1.68 bits per heavy atom. The molecule has 50 heavy (non-hydrogen) atoms. The number of ketones is 1. The number of Topliss-reactive ketones (excluding diaryl/α,β-unsaturated/α-hetero) is 1. The smallest absolute Gasteiger partial charge is 0.299 e. The highest BCUT2D eigenvalue weighted by atomic mass is 32.1. The van der Waals surface area contributed by atoms with Crippen LogP contribution in [0, 0.1) is 0 Å². The average Bonchev–Trinajstić information content (AvgIpc) is 3.87. The maximum Gasteiger partial charge on any atom is 0.299 e. The number of rotatable bonds is 11. The summed E-state index contributed by atoms with van der Waals surface area (Å²) in [6, 6.07) is 24.7. The van der Waals surface area contributed by atoms with E-state index in [1.807, 2.05) is 35.7 Å². The van der Waals surface area contributed by atoms with Crippen molar-refractivity contribution in [3.05, 3.63) is 113 Å². The van der Waals surface area contributed by atoms with Gasteiger partial charge in [-0.05, 0) is 42.0 Å². The molecule has 12 nitrogen and oxygen atoms in total. The normalized spacial score (nSPS) is 13.5. The second kappa shape index (κ2) is 13.7. The zero-order valence-corrected chi connectivity index (χ0v) is 27.8. The maximum absolute atomic E-state index is 14.6. The van der Waals surface area contributed by atoms with Crippen LogP contribution in [0.1, 0.15) is 27.0 Å². The van der Waals surface area contributed by atoms with E-state index in [1.54, 1.807) is 60.7 Å². The summed E-state index contributed by atoms with van der Waals surface area (Å²) < 4.78 is 21.9. The Labute approximate surface area is 290 Å². The topological polar surface area (TPSA) is 137 Å². The Morgan fingerprint density at radius 3 is 2.48 bits per heavy atom. The van der Waals surface area contributed by atoms with E-state index in [-0.39, 0.29) is 18.9 Å². The molecule has 3 heterocycles. The number of benzene rings is 4. The zero-order valence-electron chi connectivity index (χ0n) is 27.0. The summed E-state index contributed by atoms with van der Waals surface area (Å²) in [6.45, 7) is -0.538. The van der Waals surface area contributed by atoms with Crippen LogP contribution in [0.3, 0.4) is 0 Å². The van der Waals surface area contributed by atoms with Crippen LogP contribution >= 0.6 is 11.3 Å². The van der Waals surface area contributed by atoms with Crippen molar-refractivity contribution in [1.82, 2.24) is 9.88 Å². The predicted molar refractivity (Wildman–Crippen MR) is 185 cm³/mol. The van der Waals surface area contributed by atoms with Crippen LogP contribution < -0.4 is 29.2 Å². The molecule has 0 saturated heterocycles. The molecule has 1 atom stereocenters. The molecule has 4 aromatic carbocycles. The number of fused-ring (bicyclic) bond motifs is 2. The molecule has 0 unspecified atom stereocenters. The van der Waals surface area contributed by atoms with Gasteiger partial charge < -0.3 is 29.2 Å².